The summed E-state index contributed by atoms with van der Waals surface area (Å²) in [4.78, 5) is 26.3. The number of hydrogen-bond donors (Lipinski definition) is 1. The monoisotopic (exact) mass is 442 g/mol. The largest absolute Gasteiger partial charge is 0.491 e. The first-order chi connectivity index (χ1) is 14.6. The molecule has 0 spiro atoms. The average Bonchev–Trinajstić information content (AvgIpc) is 2.70. The van der Waals surface area contributed by atoms with Crippen molar-refractivity contribution in [1.82, 2.24) is 9.47 Å². The van der Waals surface area contributed by atoms with E-state index >= 15 is 0 Å². The van der Waals surface area contributed by atoms with Crippen LogP contribution < -0.4 is 10.3 Å². The number of fused-ring (bicyclic) bond motifs is 1. The molecular formula is C24H27ClN2O4. The Hall–Kier alpha value is -2.99. The molecule has 164 valence electrons. The summed E-state index contributed by atoms with van der Waals surface area (Å²) in [5.41, 5.74) is 0.728. The number of benzene rings is 2. The summed E-state index contributed by atoms with van der Waals surface area (Å²) in [7, 11) is 1.64. The van der Waals surface area contributed by atoms with Gasteiger partial charge >= 0.3 is 6.09 Å². The third-order valence-corrected chi connectivity index (χ3v) is 5.49. The van der Waals surface area contributed by atoms with Crippen LogP contribution in [0.3, 0.4) is 0 Å². The Morgan fingerprint density at radius 2 is 1.81 bits per heavy atom. The van der Waals surface area contributed by atoms with Crippen LogP contribution in [0.15, 0.2) is 53.3 Å². The van der Waals surface area contributed by atoms with Gasteiger partial charge in [0.15, 0.2) is 0 Å². The quantitative estimate of drug-likeness (QED) is 0.577. The van der Waals surface area contributed by atoms with Gasteiger partial charge in [0.05, 0.1) is 24.2 Å². The van der Waals surface area contributed by atoms with Crippen LogP contribution in [-0.2, 0) is 20.0 Å². The maximum atomic E-state index is 13.0. The molecular weight excluding hydrogens is 416 g/mol. The van der Waals surface area contributed by atoms with Gasteiger partial charge in [-0.05, 0) is 44.5 Å². The molecule has 31 heavy (non-hydrogen) atoms. The molecule has 0 saturated heterocycles. The van der Waals surface area contributed by atoms with Gasteiger partial charge in [-0.2, -0.15) is 0 Å². The molecule has 0 aliphatic carbocycles. The van der Waals surface area contributed by atoms with E-state index in [1.807, 2.05) is 51.1 Å². The summed E-state index contributed by atoms with van der Waals surface area (Å²) in [6, 6.07) is 15.0. The summed E-state index contributed by atoms with van der Waals surface area (Å²) < 4.78 is 7.67. The fraction of sp³-hybridized carbons (Fsp3) is 0.333. The smallest absolute Gasteiger partial charge is 0.408 e. The fourth-order valence-electron chi connectivity index (χ4n) is 3.50. The first-order valence-corrected chi connectivity index (χ1v) is 10.5. The number of pyridine rings is 1. The van der Waals surface area contributed by atoms with Gasteiger partial charge in [0.25, 0.3) is 5.56 Å². The maximum absolute atomic E-state index is 13.0. The average molecular weight is 443 g/mol. The lowest BCUT2D eigenvalue weighted by atomic mass is 10.0. The SMILES string of the molecule is Cn1c(CN(C(=O)O)C(C)(C)C)c(OCCc2ccccc2)c2cc(Cl)ccc2c1=O. The lowest BCUT2D eigenvalue weighted by molar-refractivity contribution is 0.0931. The molecule has 0 fully saturated rings. The van der Waals surface area contributed by atoms with Crippen molar-refractivity contribution >= 4 is 28.5 Å². The minimum absolute atomic E-state index is 0.00764. The Morgan fingerprint density at radius 3 is 2.42 bits per heavy atom. The van der Waals surface area contributed by atoms with E-state index in [0.717, 1.165) is 5.56 Å². The lowest BCUT2D eigenvalue weighted by Crippen LogP contribution is -2.45. The summed E-state index contributed by atoms with van der Waals surface area (Å²) >= 11 is 6.22. The summed E-state index contributed by atoms with van der Waals surface area (Å²) in [5, 5.41) is 11.3. The molecule has 0 atom stereocenters. The summed E-state index contributed by atoms with van der Waals surface area (Å²) in [6.45, 7) is 5.82. The molecule has 1 N–H and O–H groups in total. The van der Waals surface area contributed by atoms with E-state index in [2.05, 4.69) is 0 Å². The third kappa shape index (κ3) is 5.02. The highest BCUT2D eigenvalue weighted by molar-refractivity contribution is 6.31. The molecule has 0 aliphatic rings. The second kappa shape index (κ2) is 9.02. The third-order valence-electron chi connectivity index (χ3n) is 5.26. The number of halogens is 1. The number of ether oxygens (including phenoxy) is 1. The maximum Gasteiger partial charge on any atom is 0.408 e. The molecule has 3 rings (SSSR count). The standard InChI is InChI=1S/C24H27ClN2O4/c1-24(2,3)27(23(29)30)15-20-21(31-13-12-16-8-6-5-7-9-16)19-14-17(25)10-11-18(19)22(28)26(20)4/h5-11,14H,12-13,15H2,1-4H3,(H,29,30). The second-order valence-corrected chi connectivity index (χ2v) is 8.89. The predicted octanol–water partition coefficient (Wildman–Crippen LogP) is 5.09. The molecule has 0 saturated carbocycles. The number of aromatic nitrogens is 1. The second-order valence-electron chi connectivity index (χ2n) is 8.45. The van der Waals surface area contributed by atoms with Crippen LogP contribution in [-0.4, -0.2) is 32.8 Å². The van der Waals surface area contributed by atoms with Crippen molar-refractivity contribution in [2.75, 3.05) is 6.61 Å². The van der Waals surface area contributed by atoms with Crippen molar-refractivity contribution in [3.63, 3.8) is 0 Å². The number of nitrogens with zero attached hydrogens (tertiary/aromatic N) is 2. The minimum Gasteiger partial charge on any atom is -0.491 e. The molecule has 6 nitrogen and oxygen atoms in total. The zero-order valence-corrected chi connectivity index (χ0v) is 18.9. The fourth-order valence-corrected chi connectivity index (χ4v) is 3.67. The van der Waals surface area contributed by atoms with Gasteiger partial charge in [-0.25, -0.2) is 4.79 Å². The van der Waals surface area contributed by atoms with Crippen LogP contribution in [0, 0.1) is 0 Å². The molecule has 0 unspecified atom stereocenters. The van der Waals surface area contributed by atoms with Gasteiger partial charge in [-0.1, -0.05) is 41.9 Å². The number of carboxylic acid groups (broad SMARTS) is 1. The molecule has 0 aliphatic heterocycles. The molecule has 2 aromatic carbocycles. The van der Waals surface area contributed by atoms with Gasteiger partial charge in [0.1, 0.15) is 5.75 Å². The lowest BCUT2D eigenvalue weighted by Gasteiger charge is -2.34. The van der Waals surface area contributed by atoms with Crippen molar-refractivity contribution < 1.29 is 14.6 Å². The van der Waals surface area contributed by atoms with Gasteiger partial charge in [0, 0.05) is 29.4 Å². The Labute approximate surface area is 186 Å². The first-order valence-electron chi connectivity index (χ1n) is 10.1. The van der Waals surface area contributed by atoms with Crippen LogP contribution in [0.5, 0.6) is 5.75 Å². The van der Waals surface area contributed by atoms with E-state index in [0.29, 0.717) is 40.3 Å². The van der Waals surface area contributed by atoms with Gasteiger partial charge in [-0.15, -0.1) is 0 Å². The van der Waals surface area contributed by atoms with Crippen molar-refractivity contribution in [3.05, 3.63) is 75.2 Å². The van der Waals surface area contributed by atoms with Crippen LogP contribution >= 0.6 is 11.6 Å². The van der Waals surface area contributed by atoms with E-state index in [9.17, 15) is 14.7 Å². The molecule has 1 amide bonds. The van der Waals surface area contributed by atoms with Crippen molar-refractivity contribution in [2.24, 2.45) is 7.05 Å². The molecule has 7 heteroatoms. The van der Waals surface area contributed by atoms with Gasteiger partial charge in [0.2, 0.25) is 0 Å². The number of amides is 1. The van der Waals surface area contributed by atoms with Crippen LogP contribution in [0.2, 0.25) is 5.02 Å². The van der Waals surface area contributed by atoms with E-state index in [1.54, 1.807) is 25.2 Å². The van der Waals surface area contributed by atoms with Gasteiger partial charge < -0.3 is 14.4 Å². The summed E-state index contributed by atoms with van der Waals surface area (Å²) in [5.74, 6) is 0.478. The number of rotatable bonds is 6. The van der Waals surface area contributed by atoms with Crippen molar-refractivity contribution in [3.8, 4) is 5.75 Å². The van der Waals surface area contributed by atoms with Crippen molar-refractivity contribution in [2.45, 2.75) is 39.3 Å². The molecule has 0 radical (unpaired) electrons. The Bertz CT molecular complexity index is 1150. The van der Waals surface area contributed by atoms with Crippen LogP contribution in [0.4, 0.5) is 4.79 Å². The van der Waals surface area contributed by atoms with Crippen LogP contribution in [0.25, 0.3) is 10.8 Å². The highest BCUT2D eigenvalue weighted by atomic mass is 35.5. The minimum atomic E-state index is -1.07. The zero-order valence-electron chi connectivity index (χ0n) is 18.2. The Balaban J connectivity index is 2.10. The molecule has 0 bridgehead atoms. The van der Waals surface area contributed by atoms with Crippen molar-refractivity contribution in [1.29, 1.82) is 0 Å². The topological polar surface area (TPSA) is 71.8 Å². The van der Waals surface area contributed by atoms with E-state index < -0.39 is 11.6 Å². The molecule has 3 aromatic rings. The highest BCUT2D eigenvalue weighted by Crippen LogP contribution is 2.32. The molecule has 1 heterocycles. The molecule has 1 aromatic heterocycles. The number of carbonyl (C=O) groups is 1. The van der Waals surface area contributed by atoms with E-state index in [1.165, 1.54) is 9.47 Å². The summed E-state index contributed by atoms with van der Waals surface area (Å²) in [6.07, 6.45) is -0.394. The number of hydrogen-bond acceptors (Lipinski definition) is 3. The first kappa shape index (κ1) is 22.7. The predicted molar refractivity (Wildman–Crippen MR) is 123 cm³/mol. The van der Waals surface area contributed by atoms with Gasteiger partial charge in [-0.3, -0.25) is 9.69 Å². The van der Waals surface area contributed by atoms with E-state index in [-0.39, 0.29) is 12.1 Å². The highest BCUT2D eigenvalue weighted by Gasteiger charge is 2.29. The Morgan fingerprint density at radius 1 is 1.13 bits per heavy atom. The normalized spacial score (nSPS) is 11.5. The van der Waals surface area contributed by atoms with Crippen LogP contribution in [0.1, 0.15) is 32.0 Å². The van der Waals surface area contributed by atoms with E-state index in [4.69, 9.17) is 16.3 Å². The Kier molecular flexibility index (Phi) is 6.60. The zero-order chi connectivity index (χ0) is 22.8.